The van der Waals surface area contributed by atoms with E-state index in [4.69, 9.17) is 0 Å². The molecule has 0 radical (unpaired) electrons. The molecule has 1 saturated heterocycles. The van der Waals surface area contributed by atoms with E-state index >= 15 is 0 Å². The number of carbonyl (C=O) groups excluding carboxylic acids is 1. The van der Waals surface area contributed by atoms with E-state index in [1.165, 1.54) is 38.5 Å². The number of aromatic nitrogens is 2. The van der Waals surface area contributed by atoms with E-state index in [0.29, 0.717) is 17.8 Å². The minimum Gasteiger partial charge on any atom is -0.332 e. The molecule has 1 aliphatic carbocycles. The normalized spacial score (nSPS) is 23.0. The van der Waals surface area contributed by atoms with Gasteiger partial charge in [0.25, 0.3) is 0 Å². The fourth-order valence-corrected chi connectivity index (χ4v) is 4.33. The van der Waals surface area contributed by atoms with Crippen LogP contribution in [0.5, 0.6) is 0 Å². The molecule has 1 saturated carbocycles. The highest BCUT2D eigenvalue weighted by atomic mass is 32.2. The number of rotatable bonds is 4. The first-order valence-corrected chi connectivity index (χ1v) is 10.1. The van der Waals surface area contributed by atoms with Gasteiger partial charge in [-0.3, -0.25) is 4.68 Å². The number of amides is 2. The Morgan fingerprint density at radius 3 is 2.87 bits per heavy atom. The maximum atomic E-state index is 12.4. The Morgan fingerprint density at radius 1 is 1.30 bits per heavy atom. The molecule has 2 aliphatic rings. The van der Waals surface area contributed by atoms with Crippen LogP contribution in [0.25, 0.3) is 0 Å². The molecule has 3 rings (SSSR count). The summed E-state index contributed by atoms with van der Waals surface area (Å²) in [4.78, 5) is 14.4. The van der Waals surface area contributed by atoms with Crippen LogP contribution in [0.1, 0.15) is 56.7 Å². The van der Waals surface area contributed by atoms with Crippen LogP contribution >= 0.6 is 11.8 Å². The second-order valence-electron chi connectivity index (χ2n) is 6.68. The van der Waals surface area contributed by atoms with E-state index in [9.17, 15) is 4.79 Å². The van der Waals surface area contributed by atoms with Crippen molar-refractivity contribution in [3.8, 4) is 0 Å². The lowest BCUT2D eigenvalue weighted by molar-refractivity contribution is 0.199. The lowest BCUT2D eigenvalue weighted by Gasteiger charge is -2.23. The predicted octanol–water partition coefficient (Wildman–Crippen LogP) is 3.43. The summed E-state index contributed by atoms with van der Waals surface area (Å²) in [6.45, 7) is 2.27. The van der Waals surface area contributed by atoms with Crippen LogP contribution in [-0.2, 0) is 6.54 Å². The zero-order valence-electron chi connectivity index (χ0n) is 14.0. The molecule has 1 aromatic heterocycles. The molecule has 0 spiro atoms. The Bertz CT molecular complexity index is 512. The van der Waals surface area contributed by atoms with Gasteiger partial charge in [0.15, 0.2) is 0 Å². The van der Waals surface area contributed by atoms with Gasteiger partial charge in [-0.15, -0.1) is 0 Å². The van der Waals surface area contributed by atoms with E-state index < -0.39 is 0 Å². The quantitative estimate of drug-likeness (QED) is 0.916. The van der Waals surface area contributed by atoms with Crippen LogP contribution in [0.3, 0.4) is 0 Å². The van der Waals surface area contributed by atoms with Gasteiger partial charge in [0.1, 0.15) is 0 Å². The van der Waals surface area contributed by atoms with E-state index in [1.54, 1.807) is 0 Å². The Labute approximate surface area is 143 Å². The number of thioether (sulfide) groups is 1. The van der Waals surface area contributed by atoms with Crippen LogP contribution in [-0.4, -0.2) is 45.3 Å². The zero-order chi connectivity index (χ0) is 16.1. The summed E-state index contributed by atoms with van der Waals surface area (Å²) in [5, 5.41) is 8.26. The van der Waals surface area contributed by atoms with Crippen molar-refractivity contribution >= 4 is 17.8 Å². The molecule has 128 valence electrons. The van der Waals surface area contributed by atoms with E-state index in [2.05, 4.69) is 27.5 Å². The number of urea groups is 1. The van der Waals surface area contributed by atoms with Crippen molar-refractivity contribution in [1.82, 2.24) is 20.0 Å². The number of hydrogen-bond acceptors (Lipinski definition) is 3. The van der Waals surface area contributed by atoms with Gasteiger partial charge in [-0.2, -0.15) is 16.9 Å². The number of hydrogen-bond donors (Lipinski definition) is 1. The number of likely N-dealkylation sites (tertiary alicyclic amines) is 1. The highest BCUT2D eigenvalue weighted by Gasteiger charge is 2.22. The number of carbonyl (C=O) groups is 1. The fourth-order valence-electron chi connectivity index (χ4n) is 3.60. The van der Waals surface area contributed by atoms with Crippen molar-refractivity contribution in [2.75, 3.05) is 19.3 Å². The van der Waals surface area contributed by atoms with Crippen LogP contribution in [0.4, 0.5) is 4.79 Å². The van der Waals surface area contributed by atoms with Gasteiger partial charge in [0, 0.05) is 24.5 Å². The topological polar surface area (TPSA) is 50.2 Å². The van der Waals surface area contributed by atoms with Crippen molar-refractivity contribution in [2.45, 2.75) is 62.8 Å². The monoisotopic (exact) mass is 336 g/mol. The first-order valence-electron chi connectivity index (χ1n) is 8.86. The molecule has 6 heteroatoms. The molecule has 23 heavy (non-hydrogen) atoms. The third kappa shape index (κ3) is 4.43. The molecule has 0 bridgehead atoms. The molecule has 5 nitrogen and oxygen atoms in total. The first kappa shape index (κ1) is 16.7. The average Bonchev–Trinajstić information content (AvgIpc) is 3.19. The zero-order valence-corrected chi connectivity index (χ0v) is 14.9. The summed E-state index contributed by atoms with van der Waals surface area (Å²) in [6.07, 6.45) is 12.8. The molecule has 1 N–H and O–H groups in total. The maximum Gasteiger partial charge on any atom is 0.317 e. The van der Waals surface area contributed by atoms with Gasteiger partial charge in [0.05, 0.1) is 18.3 Å². The smallest absolute Gasteiger partial charge is 0.317 e. The molecule has 0 aromatic carbocycles. The van der Waals surface area contributed by atoms with E-state index in [-0.39, 0.29) is 6.03 Å². The summed E-state index contributed by atoms with van der Waals surface area (Å²) in [5.41, 5.74) is 0.960. The minimum absolute atomic E-state index is 0.0568. The number of nitrogens with zero attached hydrogens (tertiary/aromatic N) is 3. The largest absolute Gasteiger partial charge is 0.332 e. The summed E-state index contributed by atoms with van der Waals surface area (Å²) < 4.78 is 2.09. The highest BCUT2D eigenvalue weighted by Crippen LogP contribution is 2.28. The van der Waals surface area contributed by atoms with Gasteiger partial charge >= 0.3 is 6.03 Å². The lowest BCUT2D eigenvalue weighted by atomic mass is 10.2. The molecular formula is C17H28N4OS. The molecular weight excluding hydrogens is 308 g/mol. The third-order valence-corrected chi connectivity index (χ3v) is 6.08. The molecule has 2 fully saturated rings. The van der Waals surface area contributed by atoms with Crippen LogP contribution in [0.2, 0.25) is 0 Å². The van der Waals surface area contributed by atoms with Crippen LogP contribution in [0, 0.1) is 0 Å². The third-order valence-electron chi connectivity index (χ3n) is 5.03. The van der Waals surface area contributed by atoms with Crippen molar-refractivity contribution in [2.24, 2.45) is 0 Å². The van der Waals surface area contributed by atoms with Gasteiger partial charge in [-0.25, -0.2) is 4.79 Å². The summed E-state index contributed by atoms with van der Waals surface area (Å²) in [5.74, 6) is 0. The van der Waals surface area contributed by atoms with Gasteiger partial charge in [-0.1, -0.05) is 19.3 Å². The Kier molecular flexibility index (Phi) is 5.86. The standard InChI is InChI=1S/C17H28N4OS/c1-23-16-8-4-5-10-20(13-16)17(22)18-12-14-9-11-21(19-14)15-6-2-3-7-15/h9,11,15-16H,2-8,10,12-13H2,1H3,(H,18,22). The second-order valence-corrected chi connectivity index (χ2v) is 7.82. The van der Waals surface area contributed by atoms with Gasteiger partial charge in [0.2, 0.25) is 0 Å². The van der Waals surface area contributed by atoms with E-state index in [1.807, 2.05) is 22.7 Å². The molecule has 1 aromatic rings. The van der Waals surface area contributed by atoms with Gasteiger partial charge < -0.3 is 10.2 Å². The second kappa shape index (κ2) is 8.08. The molecule has 2 heterocycles. The Balaban J connectivity index is 1.50. The van der Waals surface area contributed by atoms with Gasteiger partial charge in [-0.05, 0) is 38.0 Å². The summed E-state index contributed by atoms with van der Waals surface area (Å²) in [7, 11) is 0. The summed E-state index contributed by atoms with van der Waals surface area (Å²) >= 11 is 1.87. The average molecular weight is 337 g/mol. The molecule has 2 amide bonds. The fraction of sp³-hybridized carbons (Fsp3) is 0.765. The Morgan fingerprint density at radius 2 is 2.09 bits per heavy atom. The van der Waals surface area contributed by atoms with Crippen molar-refractivity contribution in [3.05, 3.63) is 18.0 Å². The predicted molar refractivity (Wildman–Crippen MR) is 94.7 cm³/mol. The van der Waals surface area contributed by atoms with Crippen molar-refractivity contribution < 1.29 is 4.79 Å². The van der Waals surface area contributed by atoms with Crippen molar-refractivity contribution in [3.63, 3.8) is 0 Å². The van der Waals surface area contributed by atoms with Crippen LogP contribution < -0.4 is 5.32 Å². The highest BCUT2D eigenvalue weighted by molar-refractivity contribution is 7.99. The minimum atomic E-state index is 0.0568. The summed E-state index contributed by atoms with van der Waals surface area (Å²) in [6, 6.07) is 2.65. The first-order chi connectivity index (χ1) is 11.3. The lowest BCUT2D eigenvalue weighted by Crippen LogP contribution is -2.42. The molecule has 1 unspecified atom stereocenters. The van der Waals surface area contributed by atoms with Crippen LogP contribution in [0.15, 0.2) is 12.3 Å². The van der Waals surface area contributed by atoms with E-state index in [0.717, 1.165) is 25.2 Å². The molecule has 1 atom stereocenters. The molecule has 1 aliphatic heterocycles. The van der Waals surface area contributed by atoms with Crippen molar-refractivity contribution in [1.29, 1.82) is 0 Å². The maximum absolute atomic E-state index is 12.4. The Hall–Kier alpha value is -1.17. The SMILES string of the molecule is CSC1CCCCN(C(=O)NCc2ccn(C3CCCC3)n2)C1. The number of nitrogens with one attached hydrogen (secondary N) is 1.